The van der Waals surface area contributed by atoms with E-state index in [1.807, 2.05) is 24.3 Å². The molecule has 0 saturated carbocycles. The number of nitrogens with one attached hydrogen (secondary N) is 1. The van der Waals surface area contributed by atoms with Crippen LogP contribution in [-0.2, 0) is 4.74 Å². The number of benzene rings is 1. The lowest BCUT2D eigenvalue weighted by Crippen LogP contribution is -2.44. The fraction of sp³-hybridized carbons (Fsp3) is 0.250. The highest BCUT2D eigenvalue weighted by molar-refractivity contribution is 5.90. The molecule has 1 amide bonds. The fourth-order valence-corrected chi connectivity index (χ4v) is 3.17. The number of hydrogen-bond acceptors (Lipinski definition) is 7. The van der Waals surface area contributed by atoms with Crippen LogP contribution in [0.5, 0.6) is 5.75 Å². The molecule has 3 aromatic rings. The van der Waals surface area contributed by atoms with Gasteiger partial charge < -0.3 is 14.8 Å². The van der Waals surface area contributed by atoms with Crippen molar-refractivity contribution in [3.05, 3.63) is 71.0 Å². The van der Waals surface area contributed by atoms with Crippen molar-refractivity contribution in [3.63, 3.8) is 0 Å². The average molecular weight is 393 g/mol. The summed E-state index contributed by atoms with van der Waals surface area (Å²) in [4.78, 5) is 32.8. The number of rotatable bonds is 5. The topological polar surface area (TPSA) is 108 Å². The van der Waals surface area contributed by atoms with Gasteiger partial charge >= 0.3 is 0 Å². The highest BCUT2D eigenvalue weighted by atomic mass is 16.5. The predicted octanol–water partition coefficient (Wildman–Crippen LogP) is 1.08. The first-order valence-electron chi connectivity index (χ1n) is 9.05. The van der Waals surface area contributed by atoms with Gasteiger partial charge in [-0.2, -0.15) is 5.10 Å². The highest BCUT2D eigenvalue weighted by Crippen LogP contribution is 2.23. The predicted molar refractivity (Wildman–Crippen MR) is 104 cm³/mol. The molecule has 148 valence electrons. The maximum Gasteiger partial charge on any atom is 0.289 e. The number of carbonyl (C=O) groups excluding carboxylic acids is 1. The lowest BCUT2D eigenvalue weighted by Gasteiger charge is -2.20. The van der Waals surface area contributed by atoms with E-state index in [9.17, 15) is 9.59 Å². The molecule has 9 heteroatoms. The van der Waals surface area contributed by atoms with E-state index >= 15 is 0 Å². The molecule has 1 N–H and O–H groups in total. The van der Waals surface area contributed by atoms with E-state index in [0.717, 1.165) is 5.56 Å². The monoisotopic (exact) mass is 393 g/mol. The minimum atomic E-state index is -0.444. The number of nitrogens with zero attached hydrogens (tertiary/aromatic N) is 4. The van der Waals surface area contributed by atoms with Crippen LogP contribution in [0.1, 0.15) is 16.7 Å². The normalized spacial score (nSPS) is 18.4. The summed E-state index contributed by atoms with van der Waals surface area (Å²) >= 11 is 0. The third-order valence-corrected chi connectivity index (χ3v) is 4.64. The van der Waals surface area contributed by atoms with Crippen LogP contribution in [0.25, 0.3) is 11.3 Å². The van der Waals surface area contributed by atoms with Gasteiger partial charge in [-0.25, -0.2) is 14.6 Å². The van der Waals surface area contributed by atoms with Crippen molar-refractivity contribution in [2.75, 3.05) is 20.3 Å². The molecule has 0 spiro atoms. The van der Waals surface area contributed by atoms with Crippen molar-refractivity contribution in [2.24, 2.45) is 0 Å². The second kappa shape index (κ2) is 8.19. The van der Waals surface area contributed by atoms with E-state index in [1.165, 1.54) is 23.1 Å². The summed E-state index contributed by atoms with van der Waals surface area (Å²) in [6.07, 6.45) is 2.99. The molecular formula is C20H19N5O4. The summed E-state index contributed by atoms with van der Waals surface area (Å²) in [5.41, 5.74) is 1.16. The Morgan fingerprint density at radius 3 is 2.79 bits per heavy atom. The molecule has 1 aliphatic rings. The van der Waals surface area contributed by atoms with Crippen LogP contribution < -0.4 is 15.6 Å². The molecule has 0 aliphatic carbocycles. The van der Waals surface area contributed by atoms with Crippen molar-refractivity contribution in [1.82, 2.24) is 25.1 Å². The van der Waals surface area contributed by atoms with Gasteiger partial charge in [0.1, 0.15) is 11.8 Å². The van der Waals surface area contributed by atoms with Crippen LogP contribution >= 0.6 is 0 Å². The number of ether oxygens (including phenoxy) is 2. The number of carbonyl (C=O) groups is 1. The van der Waals surface area contributed by atoms with Crippen LogP contribution in [0, 0.1) is 0 Å². The Morgan fingerprint density at radius 1 is 1.17 bits per heavy atom. The molecule has 2 aromatic heterocycles. The summed E-state index contributed by atoms with van der Waals surface area (Å²) in [7, 11) is 1.59. The quantitative estimate of drug-likeness (QED) is 0.691. The Morgan fingerprint density at radius 2 is 2.00 bits per heavy atom. The molecule has 9 nitrogen and oxygen atoms in total. The lowest BCUT2D eigenvalue weighted by atomic mass is 10.1. The lowest BCUT2D eigenvalue weighted by molar-refractivity contribution is 0.0914. The second-order valence-corrected chi connectivity index (χ2v) is 6.49. The first kappa shape index (κ1) is 18.8. The molecule has 1 aliphatic heterocycles. The number of amides is 1. The molecule has 1 saturated heterocycles. The van der Waals surface area contributed by atoms with Crippen LogP contribution in [0.15, 0.2) is 59.7 Å². The fourth-order valence-electron chi connectivity index (χ4n) is 3.17. The summed E-state index contributed by atoms with van der Waals surface area (Å²) in [5, 5.41) is 7.36. The van der Waals surface area contributed by atoms with Gasteiger partial charge in [0.25, 0.3) is 11.5 Å². The molecule has 3 heterocycles. The molecule has 1 fully saturated rings. The van der Waals surface area contributed by atoms with Crippen LogP contribution in [0.3, 0.4) is 0 Å². The van der Waals surface area contributed by atoms with E-state index in [0.29, 0.717) is 11.4 Å². The van der Waals surface area contributed by atoms with E-state index < -0.39 is 18.0 Å². The molecular weight excluding hydrogens is 374 g/mol. The number of aromatic nitrogens is 4. The largest absolute Gasteiger partial charge is 0.497 e. The summed E-state index contributed by atoms with van der Waals surface area (Å²) in [5.74, 6) is 0.325. The van der Waals surface area contributed by atoms with Crippen molar-refractivity contribution in [3.8, 4) is 17.0 Å². The molecule has 4 rings (SSSR count). The first-order valence-corrected chi connectivity index (χ1v) is 9.05. The van der Waals surface area contributed by atoms with Gasteiger partial charge in [-0.05, 0) is 24.3 Å². The molecule has 1 aromatic carbocycles. The summed E-state index contributed by atoms with van der Waals surface area (Å²) in [6, 6.07) is 11.3. The number of methoxy groups -OCH3 is 1. The van der Waals surface area contributed by atoms with Gasteiger partial charge in [-0.15, -0.1) is 0 Å². The van der Waals surface area contributed by atoms with Crippen molar-refractivity contribution < 1.29 is 14.3 Å². The van der Waals surface area contributed by atoms with Gasteiger partial charge in [0.15, 0.2) is 0 Å². The van der Waals surface area contributed by atoms with E-state index in [1.54, 1.807) is 19.2 Å². The SMILES string of the molecule is COc1cccc(-c2ccc(=O)n(C3COCC3NC(=O)c3ncccn3)n2)c1. The Hall–Kier alpha value is -3.59. The molecule has 29 heavy (non-hydrogen) atoms. The van der Waals surface area contributed by atoms with Gasteiger partial charge in [-0.3, -0.25) is 9.59 Å². The zero-order valence-electron chi connectivity index (χ0n) is 15.7. The maximum atomic E-state index is 12.5. The van der Waals surface area contributed by atoms with Crippen LogP contribution in [-0.4, -0.2) is 52.0 Å². The van der Waals surface area contributed by atoms with Crippen molar-refractivity contribution in [1.29, 1.82) is 0 Å². The third kappa shape index (κ3) is 3.99. The smallest absolute Gasteiger partial charge is 0.289 e. The van der Waals surface area contributed by atoms with E-state index in [4.69, 9.17) is 9.47 Å². The molecule has 0 bridgehead atoms. The summed E-state index contributed by atoms with van der Waals surface area (Å²) < 4.78 is 12.1. The van der Waals surface area contributed by atoms with E-state index in [2.05, 4.69) is 20.4 Å². The zero-order valence-corrected chi connectivity index (χ0v) is 15.7. The average Bonchev–Trinajstić information content (AvgIpc) is 3.22. The Labute approximate surface area is 166 Å². The van der Waals surface area contributed by atoms with Crippen LogP contribution in [0.4, 0.5) is 0 Å². The maximum absolute atomic E-state index is 12.5. The Bertz CT molecular complexity index is 1070. The van der Waals surface area contributed by atoms with Gasteiger partial charge in [0, 0.05) is 24.0 Å². The Balaban J connectivity index is 1.61. The zero-order chi connectivity index (χ0) is 20.2. The standard InChI is InChI=1S/C20H19N5O4/c1-28-14-5-2-4-13(10-14)15-6-7-18(26)25(24-15)17-12-29-11-16(17)23-20(27)19-21-8-3-9-22-19/h2-10,16-17H,11-12H2,1H3,(H,23,27). The van der Waals surface area contributed by atoms with Crippen molar-refractivity contribution >= 4 is 5.91 Å². The first-order chi connectivity index (χ1) is 14.2. The minimum absolute atomic E-state index is 0.0589. The van der Waals surface area contributed by atoms with Gasteiger partial charge in [-0.1, -0.05) is 12.1 Å². The minimum Gasteiger partial charge on any atom is -0.497 e. The molecule has 2 atom stereocenters. The third-order valence-electron chi connectivity index (χ3n) is 4.64. The van der Waals surface area contributed by atoms with Gasteiger partial charge in [0.05, 0.1) is 32.1 Å². The summed E-state index contributed by atoms with van der Waals surface area (Å²) in [6.45, 7) is 0.524. The number of hydrogen-bond donors (Lipinski definition) is 1. The van der Waals surface area contributed by atoms with Gasteiger partial charge in [0.2, 0.25) is 5.82 Å². The van der Waals surface area contributed by atoms with E-state index in [-0.39, 0.29) is 24.6 Å². The molecule has 2 unspecified atom stereocenters. The van der Waals surface area contributed by atoms with Crippen LogP contribution in [0.2, 0.25) is 0 Å². The second-order valence-electron chi connectivity index (χ2n) is 6.49. The van der Waals surface area contributed by atoms with Crippen molar-refractivity contribution in [2.45, 2.75) is 12.1 Å². The Kier molecular flexibility index (Phi) is 5.30. The molecule has 0 radical (unpaired) electrons. The highest BCUT2D eigenvalue weighted by Gasteiger charge is 2.33.